The number of benzene rings is 1. The lowest BCUT2D eigenvalue weighted by Crippen LogP contribution is -2.22. The van der Waals surface area contributed by atoms with Crippen molar-refractivity contribution in [2.45, 2.75) is 20.4 Å². The highest BCUT2D eigenvalue weighted by atomic mass is 32.1. The SMILES string of the molecule is Cc1ccc(C(=O)NCc2sc(-c3ccco3)nc2C)cc1[N+](=O)[O-]. The molecule has 1 N–H and O–H groups in total. The molecule has 3 rings (SSSR count). The van der Waals surface area contributed by atoms with Crippen molar-refractivity contribution >= 4 is 22.9 Å². The minimum Gasteiger partial charge on any atom is -0.462 e. The summed E-state index contributed by atoms with van der Waals surface area (Å²) >= 11 is 1.44. The van der Waals surface area contributed by atoms with Crippen molar-refractivity contribution in [3.63, 3.8) is 0 Å². The molecule has 2 heterocycles. The zero-order chi connectivity index (χ0) is 18.0. The van der Waals surface area contributed by atoms with E-state index in [2.05, 4.69) is 10.3 Å². The maximum absolute atomic E-state index is 12.3. The summed E-state index contributed by atoms with van der Waals surface area (Å²) in [5.74, 6) is 0.315. The van der Waals surface area contributed by atoms with Crippen LogP contribution >= 0.6 is 11.3 Å². The smallest absolute Gasteiger partial charge is 0.273 e. The Morgan fingerprint density at radius 1 is 1.36 bits per heavy atom. The number of hydrogen-bond donors (Lipinski definition) is 1. The van der Waals surface area contributed by atoms with Crippen LogP contribution in [0.4, 0.5) is 5.69 Å². The lowest BCUT2D eigenvalue weighted by molar-refractivity contribution is -0.385. The third-order valence-corrected chi connectivity index (χ3v) is 4.87. The Bertz CT molecular complexity index is 932. The molecule has 0 aliphatic rings. The Labute approximate surface area is 147 Å². The van der Waals surface area contributed by atoms with Gasteiger partial charge in [-0.25, -0.2) is 4.98 Å². The number of aromatic nitrogens is 1. The highest BCUT2D eigenvalue weighted by Crippen LogP contribution is 2.28. The molecular weight excluding hydrogens is 342 g/mol. The molecule has 0 saturated heterocycles. The highest BCUT2D eigenvalue weighted by molar-refractivity contribution is 7.15. The molecule has 0 unspecified atom stereocenters. The van der Waals surface area contributed by atoms with Gasteiger partial charge in [-0.3, -0.25) is 14.9 Å². The first-order chi connectivity index (χ1) is 12.0. The van der Waals surface area contributed by atoms with Gasteiger partial charge in [0.25, 0.3) is 11.6 Å². The Morgan fingerprint density at radius 2 is 2.16 bits per heavy atom. The molecule has 25 heavy (non-hydrogen) atoms. The first-order valence-electron chi connectivity index (χ1n) is 7.49. The predicted octanol–water partition coefficient (Wildman–Crippen LogP) is 3.86. The predicted molar refractivity (Wildman–Crippen MR) is 93.6 cm³/mol. The summed E-state index contributed by atoms with van der Waals surface area (Å²) in [6.45, 7) is 3.79. The van der Waals surface area contributed by atoms with Crippen molar-refractivity contribution in [3.05, 3.63) is 68.4 Å². The number of carbonyl (C=O) groups excluding carboxylic acids is 1. The fourth-order valence-corrected chi connectivity index (χ4v) is 3.28. The molecule has 0 aliphatic carbocycles. The minimum absolute atomic E-state index is 0.0678. The minimum atomic E-state index is -0.491. The van der Waals surface area contributed by atoms with Gasteiger partial charge in [0.05, 0.1) is 23.4 Å². The molecule has 0 aliphatic heterocycles. The van der Waals surface area contributed by atoms with Crippen LogP contribution in [0.1, 0.15) is 26.5 Å². The lowest BCUT2D eigenvalue weighted by atomic mass is 10.1. The van der Waals surface area contributed by atoms with E-state index in [0.29, 0.717) is 17.9 Å². The second-order valence-electron chi connectivity index (χ2n) is 5.45. The number of nitro groups is 1. The van der Waals surface area contributed by atoms with Crippen LogP contribution in [-0.4, -0.2) is 15.8 Å². The lowest BCUT2D eigenvalue weighted by Gasteiger charge is -2.05. The van der Waals surface area contributed by atoms with Crippen molar-refractivity contribution < 1.29 is 14.1 Å². The number of nitrogens with zero attached hydrogens (tertiary/aromatic N) is 2. The summed E-state index contributed by atoms with van der Waals surface area (Å²) in [7, 11) is 0. The molecule has 1 amide bonds. The molecule has 1 aromatic carbocycles. The second-order valence-corrected chi connectivity index (χ2v) is 6.53. The van der Waals surface area contributed by atoms with Gasteiger partial charge in [0.2, 0.25) is 0 Å². The number of amides is 1. The van der Waals surface area contributed by atoms with Crippen molar-refractivity contribution in [1.29, 1.82) is 0 Å². The van der Waals surface area contributed by atoms with Crippen molar-refractivity contribution in [1.82, 2.24) is 10.3 Å². The summed E-state index contributed by atoms with van der Waals surface area (Å²) in [5, 5.41) is 14.5. The Balaban J connectivity index is 1.73. The van der Waals surface area contributed by atoms with E-state index in [9.17, 15) is 14.9 Å². The van der Waals surface area contributed by atoms with Gasteiger partial charge in [-0.15, -0.1) is 11.3 Å². The van der Waals surface area contributed by atoms with E-state index in [1.54, 1.807) is 31.4 Å². The molecule has 0 spiro atoms. The molecule has 0 saturated carbocycles. The van der Waals surface area contributed by atoms with Crippen LogP contribution in [-0.2, 0) is 6.54 Å². The number of hydrogen-bond acceptors (Lipinski definition) is 6. The van der Waals surface area contributed by atoms with E-state index in [1.165, 1.54) is 17.4 Å². The Kier molecular flexibility index (Phi) is 4.62. The quantitative estimate of drug-likeness (QED) is 0.552. The summed E-state index contributed by atoms with van der Waals surface area (Å²) in [6.07, 6.45) is 1.58. The van der Waals surface area contributed by atoms with Crippen LogP contribution in [0, 0.1) is 24.0 Å². The first kappa shape index (κ1) is 16.8. The standard InChI is InChI=1S/C17H15N3O4S/c1-10-5-6-12(8-13(10)20(22)23)16(21)18-9-15-11(2)19-17(25-15)14-4-3-7-24-14/h3-8H,9H2,1-2H3,(H,18,21). The highest BCUT2D eigenvalue weighted by Gasteiger charge is 2.16. The van der Waals surface area contributed by atoms with Crippen molar-refractivity contribution in [2.75, 3.05) is 0 Å². The van der Waals surface area contributed by atoms with Crippen LogP contribution < -0.4 is 5.32 Å². The third-order valence-electron chi connectivity index (χ3n) is 3.70. The van der Waals surface area contributed by atoms with Gasteiger partial charge in [-0.2, -0.15) is 0 Å². The van der Waals surface area contributed by atoms with Crippen molar-refractivity contribution in [2.24, 2.45) is 0 Å². The number of nitrogens with one attached hydrogen (secondary N) is 1. The first-order valence-corrected chi connectivity index (χ1v) is 8.31. The zero-order valence-electron chi connectivity index (χ0n) is 13.6. The summed E-state index contributed by atoms with van der Waals surface area (Å²) in [4.78, 5) is 28.1. The zero-order valence-corrected chi connectivity index (χ0v) is 14.4. The van der Waals surface area contributed by atoms with Crippen LogP contribution in [0.3, 0.4) is 0 Å². The number of carbonyl (C=O) groups is 1. The number of furan rings is 1. The summed E-state index contributed by atoms with van der Waals surface area (Å²) in [5.41, 5.74) is 1.52. The van der Waals surface area contributed by atoms with E-state index in [0.717, 1.165) is 15.6 Å². The van der Waals surface area contributed by atoms with Gasteiger partial charge < -0.3 is 9.73 Å². The van der Waals surface area contributed by atoms with Gasteiger partial charge in [0, 0.05) is 22.1 Å². The number of thiazole rings is 1. The molecular formula is C17H15N3O4S. The molecule has 128 valence electrons. The maximum Gasteiger partial charge on any atom is 0.273 e. The largest absolute Gasteiger partial charge is 0.462 e. The van der Waals surface area contributed by atoms with E-state index in [4.69, 9.17) is 4.42 Å². The molecule has 8 heteroatoms. The van der Waals surface area contributed by atoms with Gasteiger partial charge >= 0.3 is 0 Å². The molecule has 0 atom stereocenters. The maximum atomic E-state index is 12.3. The monoisotopic (exact) mass is 357 g/mol. The van der Waals surface area contributed by atoms with Crippen LogP contribution in [0.25, 0.3) is 10.8 Å². The summed E-state index contributed by atoms with van der Waals surface area (Å²) in [6, 6.07) is 8.05. The summed E-state index contributed by atoms with van der Waals surface area (Å²) < 4.78 is 5.33. The number of rotatable bonds is 5. The second kappa shape index (κ2) is 6.86. The molecule has 7 nitrogen and oxygen atoms in total. The molecule has 0 bridgehead atoms. The van der Waals surface area contributed by atoms with Crippen LogP contribution in [0.2, 0.25) is 0 Å². The molecule has 2 aromatic heterocycles. The topological polar surface area (TPSA) is 98.3 Å². The Hall–Kier alpha value is -3.00. The average molecular weight is 357 g/mol. The Morgan fingerprint density at radius 3 is 2.84 bits per heavy atom. The molecule has 3 aromatic rings. The fraction of sp³-hybridized carbons (Fsp3) is 0.176. The van der Waals surface area contributed by atoms with E-state index in [1.807, 2.05) is 13.0 Å². The van der Waals surface area contributed by atoms with Crippen LogP contribution in [0.5, 0.6) is 0 Å². The van der Waals surface area contributed by atoms with Crippen molar-refractivity contribution in [3.8, 4) is 10.8 Å². The number of nitro benzene ring substituents is 1. The molecule has 0 fully saturated rings. The third kappa shape index (κ3) is 3.58. The average Bonchev–Trinajstić information content (AvgIpc) is 3.22. The van der Waals surface area contributed by atoms with Gasteiger partial charge in [-0.05, 0) is 32.0 Å². The van der Waals surface area contributed by atoms with Gasteiger partial charge in [-0.1, -0.05) is 6.07 Å². The molecule has 0 radical (unpaired) electrons. The number of aryl methyl sites for hydroxylation is 2. The fourth-order valence-electron chi connectivity index (χ4n) is 2.31. The van der Waals surface area contributed by atoms with E-state index in [-0.39, 0.29) is 17.2 Å². The van der Waals surface area contributed by atoms with Gasteiger partial charge in [0.1, 0.15) is 0 Å². The normalized spacial score (nSPS) is 10.6. The van der Waals surface area contributed by atoms with E-state index >= 15 is 0 Å². The van der Waals surface area contributed by atoms with Crippen LogP contribution in [0.15, 0.2) is 41.0 Å². The van der Waals surface area contributed by atoms with E-state index < -0.39 is 4.92 Å². The van der Waals surface area contributed by atoms with Gasteiger partial charge in [0.15, 0.2) is 10.8 Å².